The van der Waals surface area contributed by atoms with Gasteiger partial charge in [0, 0.05) is 32.2 Å². The van der Waals surface area contributed by atoms with Crippen molar-refractivity contribution in [3.8, 4) is 0 Å². The van der Waals surface area contributed by atoms with Crippen molar-refractivity contribution >= 4 is 11.9 Å². The summed E-state index contributed by atoms with van der Waals surface area (Å²) in [5.41, 5.74) is 1.21. The lowest BCUT2D eigenvalue weighted by atomic mass is 9.61. The molecule has 0 bridgehead atoms. The molecule has 1 saturated carbocycles. The Morgan fingerprint density at radius 3 is 2.59 bits per heavy atom. The number of piperidine rings is 1. The van der Waals surface area contributed by atoms with Gasteiger partial charge < -0.3 is 19.7 Å². The van der Waals surface area contributed by atoms with Gasteiger partial charge in [-0.2, -0.15) is 0 Å². The van der Waals surface area contributed by atoms with Crippen LogP contribution in [0, 0.1) is 11.3 Å². The fraction of sp³-hybridized carbons (Fsp3) is 0.680. The van der Waals surface area contributed by atoms with Gasteiger partial charge in [0.15, 0.2) is 0 Å². The van der Waals surface area contributed by atoms with E-state index < -0.39 is 0 Å². The molecular weight excluding hydrogens is 406 g/mol. The third-order valence-corrected chi connectivity index (χ3v) is 7.85. The van der Waals surface area contributed by atoms with Gasteiger partial charge in [-0.1, -0.05) is 19.1 Å². The first kappa shape index (κ1) is 23.2. The minimum absolute atomic E-state index is 0.193. The molecule has 176 valence electrons. The lowest BCUT2D eigenvalue weighted by Crippen LogP contribution is -2.60. The second kappa shape index (κ2) is 10.3. The van der Waals surface area contributed by atoms with Crippen LogP contribution in [0.5, 0.6) is 0 Å². The van der Waals surface area contributed by atoms with Crippen LogP contribution in [0.4, 0.5) is 0 Å². The highest BCUT2D eigenvalue weighted by molar-refractivity contribution is 5.89. The molecule has 0 spiro atoms. The number of amides is 1. The molecule has 4 rings (SSSR count). The van der Waals surface area contributed by atoms with Crippen molar-refractivity contribution in [2.24, 2.45) is 11.3 Å². The zero-order valence-corrected chi connectivity index (χ0v) is 19.5. The number of hydrogen-bond acceptors (Lipinski definition) is 6. The first-order valence-electron chi connectivity index (χ1n) is 12.1. The smallest absolute Gasteiger partial charge is 0.337 e. The number of fused-ring (bicyclic) bond motifs is 1. The van der Waals surface area contributed by atoms with E-state index in [1.807, 2.05) is 12.1 Å². The first-order chi connectivity index (χ1) is 15.6. The molecule has 3 fully saturated rings. The Balaban J connectivity index is 1.43. The van der Waals surface area contributed by atoms with E-state index in [0.29, 0.717) is 24.1 Å². The number of morpholine rings is 1. The summed E-state index contributed by atoms with van der Waals surface area (Å²) in [6.07, 6.45) is 4.23. The van der Waals surface area contributed by atoms with Crippen LogP contribution in [0.3, 0.4) is 0 Å². The fourth-order valence-electron chi connectivity index (χ4n) is 5.87. The lowest BCUT2D eigenvalue weighted by molar-refractivity contribution is -0.145. The SMILES string of the molecule is CCN1CC[C@@H]2CC(N3CCOCC3)CC[C@@]2(C(=O)NCc2ccc(C(=O)OC)cc2)C1. The first-order valence-corrected chi connectivity index (χ1v) is 12.1. The Kier molecular flexibility index (Phi) is 7.48. The summed E-state index contributed by atoms with van der Waals surface area (Å²) < 4.78 is 10.3. The van der Waals surface area contributed by atoms with Crippen molar-refractivity contribution < 1.29 is 19.1 Å². The molecule has 7 nitrogen and oxygen atoms in total. The molecule has 2 aliphatic heterocycles. The van der Waals surface area contributed by atoms with Gasteiger partial charge in [0.1, 0.15) is 0 Å². The molecule has 1 aliphatic carbocycles. The van der Waals surface area contributed by atoms with Gasteiger partial charge in [-0.05, 0) is 62.4 Å². The average molecular weight is 444 g/mol. The Bertz CT molecular complexity index is 793. The van der Waals surface area contributed by atoms with Gasteiger partial charge in [-0.3, -0.25) is 9.69 Å². The van der Waals surface area contributed by atoms with Crippen LogP contribution in [0.1, 0.15) is 48.5 Å². The number of carbonyl (C=O) groups excluding carboxylic acids is 2. The number of carbonyl (C=O) groups is 2. The normalized spacial score (nSPS) is 29.2. The number of hydrogen-bond donors (Lipinski definition) is 1. The Labute approximate surface area is 191 Å². The summed E-state index contributed by atoms with van der Waals surface area (Å²) in [4.78, 5) is 30.3. The highest BCUT2D eigenvalue weighted by Crippen LogP contribution is 2.47. The maximum absolute atomic E-state index is 13.6. The Hall–Kier alpha value is -1.96. The molecule has 2 heterocycles. The average Bonchev–Trinajstić information content (AvgIpc) is 2.86. The number of esters is 1. The minimum atomic E-state index is -0.346. The lowest BCUT2D eigenvalue weighted by Gasteiger charge is -2.53. The summed E-state index contributed by atoms with van der Waals surface area (Å²) in [5.74, 6) is 0.271. The molecular formula is C25H37N3O4. The monoisotopic (exact) mass is 443 g/mol. The van der Waals surface area contributed by atoms with Gasteiger partial charge >= 0.3 is 5.97 Å². The number of nitrogens with one attached hydrogen (secondary N) is 1. The molecule has 3 atom stereocenters. The molecule has 0 aromatic heterocycles. The third kappa shape index (κ3) is 4.85. The van der Waals surface area contributed by atoms with E-state index in [9.17, 15) is 9.59 Å². The molecule has 1 aromatic carbocycles. The quantitative estimate of drug-likeness (QED) is 0.681. The molecule has 2 saturated heterocycles. The fourth-order valence-corrected chi connectivity index (χ4v) is 5.87. The molecule has 1 N–H and O–H groups in total. The van der Waals surface area contributed by atoms with Crippen LogP contribution in [0.15, 0.2) is 24.3 Å². The van der Waals surface area contributed by atoms with E-state index in [1.165, 1.54) is 7.11 Å². The summed E-state index contributed by atoms with van der Waals surface area (Å²) >= 11 is 0. The van der Waals surface area contributed by atoms with Crippen molar-refractivity contribution in [1.29, 1.82) is 0 Å². The van der Waals surface area contributed by atoms with Crippen molar-refractivity contribution in [3.63, 3.8) is 0 Å². The van der Waals surface area contributed by atoms with E-state index in [4.69, 9.17) is 9.47 Å². The van der Waals surface area contributed by atoms with Crippen LogP contribution in [0.25, 0.3) is 0 Å². The van der Waals surface area contributed by atoms with Crippen molar-refractivity contribution in [3.05, 3.63) is 35.4 Å². The molecule has 1 unspecified atom stereocenters. The molecule has 32 heavy (non-hydrogen) atoms. The van der Waals surface area contributed by atoms with E-state index in [-0.39, 0.29) is 17.3 Å². The molecule has 7 heteroatoms. The summed E-state index contributed by atoms with van der Waals surface area (Å²) in [6, 6.07) is 7.85. The molecule has 1 aromatic rings. The zero-order valence-electron chi connectivity index (χ0n) is 19.5. The van der Waals surface area contributed by atoms with E-state index in [2.05, 4.69) is 22.0 Å². The van der Waals surface area contributed by atoms with Crippen molar-refractivity contribution in [2.75, 3.05) is 53.0 Å². The van der Waals surface area contributed by atoms with E-state index >= 15 is 0 Å². The number of rotatable bonds is 6. The van der Waals surface area contributed by atoms with Crippen LogP contribution in [0.2, 0.25) is 0 Å². The van der Waals surface area contributed by atoms with Gasteiger partial charge in [0.05, 0.1) is 31.3 Å². The topological polar surface area (TPSA) is 71.1 Å². The Morgan fingerprint density at radius 1 is 1.16 bits per heavy atom. The van der Waals surface area contributed by atoms with E-state index in [0.717, 1.165) is 77.2 Å². The standard InChI is InChI=1S/C25H37N3O4/c1-3-27-11-9-21-16-22(28-12-14-32-15-13-28)8-10-25(21,18-27)24(30)26-17-19-4-6-20(7-5-19)23(29)31-2/h4-7,21-22H,3,8-18H2,1-2H3,(H,26,30)/t21-,22?,25-/m1/s1. The maximum atomic E-state index is 13.6. The number of likely N-dealkylation sites (tertiary alicyclic amines) is 1. The molecule has 3 aliphatic rings. The van der Waals surface area contributed by atoms with Gasteiger partial charge in [0.25, 0.3) is 0 Å². The summed E-state index contributed by atoms with van der Waals surface area (Å²) in [7, 11) is 1.38. The van der Waals surface area contributed by atoms with Gasteiger partial charge in [-0.25, -0.2) is 4.79 Å². The Morgan fingerprint density at radius 2 is 1.91 bits per heavy atom. The highest BCUT2D eigenvalue weighted by atomic mass is 16.5. The third-order valence-electron chi connectivity index (χ3n) is 7.85. The second-order valence-corrected chi connectivity index (χ2v) is 9.46. The highest BCUT2D eigenvalue weighted by Gasteiger charge is 2.52. The predicted molar refractivity (Wildman–Crippen MR) is 122 cm³/mol. The number of ether oxygens (including phenoxy) is 2. The van der Waals surface area contributed by atoms with Crippen molar-refractivity contribution in [2.45, 2.75) is 45.2 Å². The van der Waals surface area contributed by atoms with Crippen molar-refractivity contribution in [1.82, 2.24) is 15.1 Å². The van der Waals surface area contributed by atoms with Crippen LogP contribution in [-0.2, 0) is 20.8 Å². The largest absolute Gasteiger partial charge is 0.465 e. The second-order valence-electron chi connectivity index (χ2n) is 9.46. The molecule has 1 amide bonds. The van der Waals surface area contributed by atoms with Gasteiger partial charge in [0.2, 0.25) is 5.91 Å². The summed E-state index contributed by atoms with van der Waals surface area (Å²) in [5, 5.41) is 3.24. The maximum Gasteiger partial charge on any atom is 0.337 e. The zero-order chi connectivity index (χ0) is 22.6. The van der Waals surface area contributed by atoms with E-state index in [1.54, 1.807) is 12.1 Å². The molecule has 0 radical (unpaired) electrons. The summed E-state index contributed by atoms with van der Waals surface area (Å²) in [6.45, 7) is 9.28. The van der Waals surface area contributed by atoms with Crippen LogP contribution >= 0.6 is 0 Å². The number of nitrogens with zero attached hydrogens (tertiary/aromatic N) is 2. The van der Waals surface area contributed by atoms with Gasteiger partial charge in [-0.15, -0.1) is 0 Å². The number of methoxy groups -OCH3 is 1. The minimum Gasteiger partial charge on any atom is -0.465 e. The van der Waals surface area contributed by atoms with Crippen LogP contribution < -0.4 is 5.32 Å². The van der Waals surface area contributed by atoms with Crippen LogP contribution in [-0.4, -0.2) is 80.8 Å². The predicted octanol–water partition coefficient (Wildman–Crippen LogP) is 2.30. The number of benzene rings is 1.